The first-order chi connectivity index (χ1) is 9.22. The molecule has 0 saturated carbocycles. The molecule has 0 spiro atoms. The van der Waals surface area contributed by atoms with Gasteiger partial charge in [0, 0.05) is 4.47 Å². The smallest absolute Gasteiger partial charge is 0.343 e. The summed E-state index contributed by atoms with van der Waals surface area (Å²) in [5.74, 6) is 0.113. The van der Waals surface area contributed by atoms with E-state index in [9.17, 15) is 4.79 Å². The number of benzene rings is 2. The van der Waals surface area contributed by atoms with E-state index in [1.54, 1.807) is 36.7 Å². The molecule has 0 radical (unpaired) electrons. The summed E-state index contributed by atoms with van der Waals surface area (Å²) in [6.45, 7) is 0. The van der Waals surface area contributed by atoms with Crippen molar-refractivity contribution in [2.45, 2.75) is 0 Å². The zero-order chi connectivity index (χ0) is 13.2. The van der Waals surface area contributed by atoms with Crippen LogP contribution in [0.1, 0.15) is 10.4 Å². The summed E-state index contributed by atoms with van der Waals surface area (Å²) >= 11 is 3.33. The summed E-state index contributed by atoms with van der Waals surface area (Å²) < 4.78 is 6.22. The molecule has 1 heterocycles. The Labute approximate surface area is 117 Å². The quantitative estimate of drug-likeness (QED) is 0.581. The molecule has 0 atom stereocenters. The summed E-state index contributed by atoms with van der Waals surface area (Å²) in [5, 5.41) is 0. The number of aromatic nitrogens is 2. The maximum absolute atomic E-state index is 12.0. The van der Waals surface area contributed by atoms with Crippen LogP contribution in [0.25, 0.3) is 11.0 Å². The SMILES string of the molecule is O=C(Oc1ccc(Br)cc1)c1ccc2[nH]cnc2c1. The van der Waals surface area contributed by atoms with E-state index in [0.29, 0.717) is 11.3 Å². The lowest BCUT2D eigenvalue weighted by Gasteiger charge is -2.04. The third kappa shape index (κ3) is 2.51. The topological polar surface area (TPSA) is 55.0 Å². The van der Waals surface area contributed by atoms with E-state index < -0.39 is 5.97 Å². The van der Waals surface area contributed by atoms with Gasteiger partial charge in [0.1, 0.15) is 5.75 Å². The molecule has 0 aliphatic rings. The fourth-order valence-electron chi connectivity index (χ4n) is 1.73. The number of ether oxygens (including phenoxy) is 1. The minimum absolute atomic E-state index is 0.396. The first-order valence-electron chi connectivity index (χ1n) is 5.63. The van der Waals surface area contributed by atoms with Crippen molar-refractivity contribution in [1.82, 2.24) is 9.97 Å². The first kappa shape index (κ1) is 11.9. The van der Waals surface area contributed by atoms with Crippen LogP contribution in [0.3, 0.4) is 0 Å². The fraction of sp³-hybridized carbons (Fsp3) is 0. The molecule has 3 aromatic rings. The van der Waals surface area contributed by atoms with Crippen LogP contribution in [0.15, 0.2) is 53.3 Å². The summed E-state index contributed by atoms with van der Waals surface area (Å²) in [6.07, 6.45) is 1.59. The van der Waals surface area contributed by atoms with Gasteiger partial charge >= 0.3 is 5.97 Å². The number of fused-ring (bicyclic) bond motifs is 1. The number of carbonyl (C=O) groups excluding carboxylic acids is 1. The van der Waals surface area contributed by atoms with Crippen LogP contribution in [0.5, 0.6) is 5.75 Å². The van der Waals surface area contributed by atoms with Gasteiger partial charge in [0.05, 0.1) is 22.9 Å². The fourth-order valence-corrected chi connectivity index (χ4v) is 1.99. The molecule has 1 aromatic heterocycles. The van der Waals surface area contributed by atoms with E-state index in [-0.39, 0.29) is 0 Å². The van der Waals surface area contributed by atoms with Gasteiger partial charge in [-0.25, -0.2) is 9.78 Å². The Balaban J connectivity index is 1.84. The molecule has 0 amide bonds. The van der Waals surface area contributed by atoms with Crippen molar-refractivity contribution in [2.24, 2.45) is 0 Å². The van der Waals surface area contributed by atoms with Crippen molar-refractivity contribution in [3.05, 3.63) is 58.8 Å². The van der Waals surface area contributed by atoms with Crippen LogP contribution in [-0.2, 0) is 0 Å². The molecule has 0 saturated heterocycles. The van der Waals surface area contributed by atoms with E-state index >= 15 is 0 Å². The van der Waals surface area contributed by atoms with Crippen LogP contribution in [-0.4, -0.2) is 15.9 Å². The zero-order valence-corrected chi connectivity index (χ0v) is 11.3. The number of rotatable bonds is 2. The van der Waals surface area contributed by atoms with E-state index in [4.69, 9.17) is 4.74 Å². The molecule has 1 N–H and O–H groups in total. The maximum Gasteiger partial charge on any atom is 0.343 e. The highest BCUT2D eigenvalue weighted by molar-refractivity contribution is 9.10. The number of aromatic amines is 1. The van der Waals surface area contributed by atoms with Gasteiger partial charge in [-0.15, -0.1) is 0 Å². The molecule has 4 nitrogen and oxygen atoms in total. The Kier molecular flexibility index (Phi) is 3.05. The van der Waals surface area contributed by atoms with E-state index in [1.807, 2.05) is 12.1 Å². The molecule has 0 aliphatic heterocycles. The lowest BCUT2D eigenvalue weighted by Crippen LogP contribution is -2.08. The van der Waals surface area contributed by atoms with Crippen LogP contribution in [0, 0.1) is 0 Å². The van der Waals surface area contributed by atoms with Crippen molar-refractivity contribution < 1.29 is 9.53 Å². The lowest BCUT2D eigenvalue weighted by molar-refractivity contribution is 0.0735. The average molecular weight is 317 g/mol. The Morgan fingerprint density at radius 1 is 1.16 bits per heavy atom. The highest BCUT2D eigenvalue weighted by Gasteiger charge is 2.10. The second-order valence-electron chi connectivity index (χ2n) is 3.98. The van der Waals surface area contributed by atoms with Crippen LogP contribution >= 0.6 is 15.9 Å². The highest BCUT2D eigenvalue weighted by Crippen LogP contribution is 2.18. The molecule has 0 unspecified atom stereocenters. The standard InChI is InChI=1S/C14H9BrN2O2/c15-10-2-4-11(5-3-10)19-14(18)9-1-6-12-13(7-9)17-8-16-12/h1-8H,(H,16,17). The molecule has 0 bridgehead atoms. The van der Waals surface area contributed by atoms with Crippen LogP contribution in [0.4, 0.5) is 0 Å². The molecule has 0 aliphatic carbocycles. The van der Waals surface area contributed by atoms with Crippen molar-refractivity contribution in [1.29, 1.82) is 0 Å². The molecule has 19 heavy (non-hydrogen) atoms. The number of carbonyl (C=O) groups is 1. The molecular formula is C14H9BrN2O2. The Morgan fingerprint density at radius 2 is 1.95 bits per heavy atom. The minimum atomic E-state index is -0.396. The maximum atomic E-state index is 12.0. The molecule has 3 rings (SSSR count). The first-order valence-corrected chi connectivity index (χ1v) is 6.42. The predicted molar refractivity (Wildman–Crippen MR) is 75.2 cm³/mol. The zero-order valence-electron chi connectivity index (χ0n) is 9.76. The predicted octanol–water partition coefficient (Wildman–Crippen LogP) is 3.54. The third-order valence-electron chi connectivity index (χ3n) is 2.68. The van der Waals surface area contributed by atoms with Gasteiger partial charge in [0.15, 0.2) is 0 Å². The van der Waals surface area contributed by atoms with Crippen molar-refractivity contribution in [2.75, 3.05) is 0 Å². The molecule has 94 valence electrons. The summed E-state index contributed by atoms with van der Waals surface area (Å²) in [4.78, 5) is 19.1. The van der Waals surface area contributed by atoms with Gasteiger partial charge in [-0.2, -0.15) is 0 Å². The number of hydrogen-bond donors (Lipinski definition) is 1. The number of nitrogens with one attached hydrogen (secondary N) is 1. The Morgan fingerprint density at radius 3 is 2.74 bits per heavy atom. The van der Waals surface area contributed by atoms with Crippen molar-refractivity contribution in [3.8, 4) is 5.75 Å². The second kappa shape index (κ2) is 4.85. The van der Waals surface area contributed by atoms with Crippen LogP contribution < -0.4 is 4.74 Å². The number of halogens is 1. The summed E-state index contributed by atoms with van der Waals surface area (Å²) in [5.41, 5.74) is 2.10. The van der Waals surface area contributed by atoms with Crippen molar-refractivity contribution in [3.63, 3.8) is 0 Å². The number of imidazole rings is 1. The Hall–Kier alpha value is -2.14. The number of H-pyrrole nitrogens is 1. The summed E-state index contributed by atoms with van der Waals surface area (Å²) in [7, 11) is 0. The van der Waals surface area contributed by atoms with Gasteiger partial charge in [-0.1, -0.05) is 15.9 Å². The van der Waals surface area contributed by atoms with Gasteiger partial charge in [-0.3, -0.25) is 0 Å². The molecule has 0 fully saturated rings. The van der Waals surface area contributed by atoms with Crippen molar-refractivity contribution >= 4 is 32.9 Å². The lowest BCUT2D eigenvalue weighted by atomic mass is 10.2. The number of esters is 1. The second-order valence-corrected chi connectivity index (χ2v) is 4.89. The number of hydrogen-bond acceptors (Lipinski definition) is 3. The van der Waals surface area contributed by atoms with E-state index in [0.717, 1.165) is 15.5 Å². The summed E-state index contributed by atoms with van der Waals surface area (Å²) in [6, 6.07) is 12.3. The molecular weight excluding hydrogens is 308 g/mol. The van der Waals surface area contributed by atoms with E-state index in [1.165, 1.54) is 0 Å². The monoisotopic (exact) mass is 316 g/mol. The van der Waals surface area contributed by atoms with Gasteiger partial charge in [0.25, 0.3) is 0 Å². The van der Waals surface area contributed by atoms with E-state index in [2.05, 4.69) is 25.9 Å². The molecule has 2 aromatic carbocycles. The normalized spacial score (nSPS) is 10.6. The number of nitrogens with zero attached hydrogens (tertiary/aromatic N) is 1. The highest BCUT2D eigenvalue weighted by atomic mass is 79.9. The average Bonchev–Trinajstić information content (AvgIpc) is 2.88. The van der Waals surface area contributed by atoms with Gasteiger partial charge in [-0.05, 0) is 42.5 Å². The third-order valence-corrected chi connectivity index (χ3v) is 3.21. The van der Waals surface area contributed by atoms with Gasteiger partial charge < -0.3 is 9.72 Å². The Bertz CT molecular complexity index is 735. The van der Waals surface area contributed by atoms with Crippen LogP contribution in [0.2, 0.25) is 0 Å². The minimum Gasteiger partial charge on any atom is -0.423 e. The molecule has 5 heteroatoms. The largest absolute Gasteiger partial charge is 0.423 e. The van der Waals surface area contributed by atoms with Gasteiger partial charge in [0.2, 0.25) is 0 Å².